The van der Waals surface area contributed by atoms with Gasteiger partial charge in [0.2, 0.25) is 5.91 Å². The molecule has 0 bridgehead atoms. The summed E-state index contributed by atoms with van der Waals surface area (Å²) >= 11 is 0. The van der Waals surface area contributed by atoms with Crippen molar-refractivity contribution in [2.24, 2.45) is 0 Å². The lowest BCUT2D eigenvalue weighted by atomic mass is 10.0. The van der Waals surface area contributed by atoms with E-state index in [4.69, 9.17) is 0 Å². The van der Waals surface area contributed by atoms with Gasteiger partial charge in [-0.05, 0) is 25.8 Å². The van der Waals surface area contributed by atoms with Gasteiger partial charge in [0.25, 0.3) is 0 Å². The standard InChI is InChI=1S/C12H15NO2.C3H6/c1-9(14)12(13-10(2)15)8-11-6-4-3-5-7-11;1-3-2/h3-7,12H,8H2,1-2H3,(H,13,15);3H,1H2,2H3/t12-;/m0./s1. The molecule has 0 saturated carbocycles. The van der Waals surface area contributed by atoms with Gasteiger partial charge in [-0.1, -0.05) is 36.4 Å². The predicted molar refractivity (Wildman–Crippen MR) is 74.3 cm³/mol. The summed E-state index contributed by atoms with van der Waals surface area (Å²) in [6.07, 6.45) is 2.30. The fourth-order valence-electron chi connectivity index (χ4n) is 1.39. The van der Waals surface area contributed by atoms with Crippen molar-refractivity contribution in [1.29, 1.82) is 0 Å². The molecule has 18 heavy (non-hydrogen) atoms. The summed E-state index contributed by atoms with van der Waals surface area (Å²) in [4.78, 5) is 22.2. The first-order valence-corrected chi connectivity index (χ1v) is 5.89. The molecule has 1 rings (SSSR count). The van der Waals surface area contributed by atoms with Gasteiger partial charge in [0.15, 0.2) is 5.78 Å². The monoisotopic (exact) mass is 247 g/mol. The van der Waals surface area contributed by atoms with E-state index in [1.54, 1.807) is 6.08 Å². The van der Waals surface area contributed by atoms with E-state index in [9.17, 15) is 9.59 Å². The molecule has 0 radical (unpaired) electrons. The second-order valence-corrected chi connectivity index (χ2v) is 3.96. The molecule has 0 saturated heterocycles. The van der Waals surface area contributed by atoms with E-state index in [1.807, 2.05) is 37.3 Å². The van der Waals surface area contributed by atoms with Crippen molar-refractivity contribution in [2.45, 2.75) is 33.2 Å². The number of ketones is 1. The zero-order valence-corrected chi connectivity index (χ0v) is 11.3. The number of allylic oxidation sites excluding steroid dienone is 1. The number of carbonyl (C=O) groups excluding carboxylic acids is 2. The van der Waals surface area contributed by atoms with Crippen LogP contribution in [0, 0.1) is 0 Å². The van der Waals surface area contributed by atoms with Crippen LogP contribution in [0.4, 0.5) is 0 Å². The number of hydrogen-bond donors (Lipinski definition) is 1. The van der Waals surface area contributed by atoms with Crippen molar-refractivity contribution >= 4 is 11.7 Å². The molecule has 3 nitrogen and oxygen atoms in total. The first-order valence-electron chi connectivity index (χ1n) is 5.89. The first-order chi connectivity index (χ1) is 8.51. The third kappa shape index (κ3) is 7.39. The highest BCUT2D eigenvalue weighted by Crippen LogP contribution is 2.03. The average Bonchev–Trinajstić information content (AvgIpc) is 2.30. The van der Waals surface area contributed by atoms with Crippen molar-refractivity contribution < 1.29 is 9.59 Å². The Hall–Kier alpha value is -1.90. The molecule has 1 amide bonds. The van der Waals surface area contributed by atoms with Crippen LogP contribution in [0.3, 0.4) is 0 Å². The molecule has 98 valence electrons. The molecule has 1 aromatic carbocycles. The molecule has 0 aliphatic heterocycles. The van der Waals surface area contributed by atoms with Gasteiger partial charge in [-0.25, -0.2) is 0 Å². The van der Waals surface area contributed by atoms with Gasteiger partial charge < -0.3 is 5.32 Å². The maximum atomic E-state index is 11.3. The van der Waals surface area contributed by atoms with E-state index in [0.717, 1.165) is 5.56 Å². The third-order valence-corrected chi connectivity index (χ3v) is 2.15. The minimum absolute atomic E-state index is 0.0194. The van der Waals surface area contributed by atoms with E-state index in [0.29, 0.717) is 6.42 Å². The van der Waals surface area contributed by atoms with Gasteiger partial charge in [-0.3, -0.25) is 9.59 Å². The van der Waals surface area contributed by atoms with Gasteiger partial charge >= 0.3 is 0 Å². The summed E-state index contributed by atoms with van der Waals surface area (Å²) < 4.78 is 0. The topological polar surface area (TPSA) is 46.2 Å². The number of benzene rings is 1. The van der Waals surface area contributed by atoms with Crippen molar-refractivity contribution in [3.8, 4) is 0 Å². The van der Waals surface area contributed by atoms with Crippen LogP contribution in [0.2, 0.25) is 0 Å². The Labute approximate surface area is 109 Å². The lowest BCUT2D eigenvalue weighted by Crippen LogP contribution is -2.40. The molecule has 0 fully saturated rings. The van der Waals surface area contributed by atoms with Crippen LogP contribution in [-0.4, -0.2) is 17.7 Å². The molecule has 0 unspecified atom stereocenters. The van der Waals surface area contributed by atoms with Gasteiger partial charge in [0.1, 0.15) is 0 Å². The van der Waals surface area contributed by atoms with E-state index in [2.05, 4.69) is 11.9 Å². The average molecular weight is 247 g/mol. The number of Topliss-reactive ketones (excluding diaryl/α,β-unsaturated/α-hetero) is 1. The molecule has 0 aliphatic rings. The molecule has 1 atom stereocenters. The molecule has 0 spiro atoms. The lowest BCUT2D eigenvalue weighted by Gasteiger charge is -2.14. The second kappa shape index (κ2) is 9.16. The van der Waals surface area contributed by atoms with E-state index in [1.165, 1.54) is 13.8 Å². The van der Waals surface area contributed by atoms with Crippen LogP contribution >= 0.6 is 0 Å². The maximum Gasteiger partial charge on any atom is 0.217 e. The molecule has 1 N–H and O–H groups in total. The Balaban J connectivity index is 0.000000873. The zero-order valence-electron chi connectivity index (χ0n) is 11.3. The Morgan fingerprint density at radius 1 is 1.28 bits per heavy atom. The first kappa shape index (κ1) is 16.1. The molecular formula is C15H21NO2. The molecule has 0 aromatic heterocycles. The number of rotatable bonds is 4. The largest absolute Gasteiger partial charge is 0.346 e. The molecular weight excluding hydrogens is 226 g/mol. The van der Waals surface area contributed by atoms with Crippen molar-refractivity contribution in [1.82, 2.24) is 5.32 Å². The summed E-state index contributed by atoms with van der Waals surface area (Å²) in [5, 5.41) is 2.64. The summed E-state index contributed by atoms with van der Waals surface area (Å²) in [7, 11) is 0. The Kier molecular flexibility index (Phi) is 8.20. The van der Waals surface area contributed by atoms with Gasteiger partial charge in [0.05, 0.1) is 6.04 Å². The number of nitrogens with one attached hydrogen (secondary N) is 1. The fourth-order valence-corrected chi connectivity index (χ4v) is 1.39. The minimum Gasteiger partial charge on any atom is -0.346 e. The third-order valence-electron chi connectivity index (χ3n) is 2.15. The number of carbonyl (C=O) groups is 2. The zero-order chi connectivity index (χ0) is 14.0. The predicted octanol–water partition coefficient (Wildman–Crippen LogP) is 2.52. The Bertz CT molecular complexity index is 385. The van der Waals surface area contributed by atoms with E-state index < -0.39 is 6.04 Å². The molecule has 0 heterocycles. The van der Waals surface area contributed by atoms with Crippen molar-refractivity contribution in [3.63, 3.8) is 0 Å². The minimum atomic E-state index is -0.412. The van der Waals surface area contributed by atoms with Crippen molar-refractivity contribution in [2.75, 3.05) is 0 Å². The van der Waals surface area contributed by atoms with E-state index >= 15 is 0 Å². The lowest BCUT2D eigenvalue weighted by molar-refractivity contribution is -0.125. The highest BCUT2D eigenvalue weighted by molar-refractivity contribution is 5.86. The van der Waals surface area contributed by atoms with Crippen LogP contribution in [0.25, 0.3) is 0 Å². The second-order valence-electron chi connectivity index (χ2n) is 3.96. The fraction of sp³-hybridized carbons (Fsp3) is 0.333. The van der Waals surface area contributed by atoms with Crippen LogP contribution in [0.15, 0.2) is 43.0 Å². The van der Waals surface area contributed by atoms with Crippen LogP contribution < -0.4 is 5.32 Å². The summed E-state index contributed by atoms with van der Waals surface area (Å²) in [5.41, 5.74) is 1.05. The molecule has 1 aromatic rings. The molecule has 0 aliphatic carbocycles. The SMILES string of the molecule is C=CC.CC(=O)N[C@@H](Cc1ccccc1)C(C)=O. The van der Waals surface area contributed by atoms with Crippen LogP contribution in [-0.2, 0) is 16.0 Å². The number of hydrogen-bond acceptors (Lipinski definition) is 2. The Morgan fingerprint density at radius 2 is 1.78 bits per heavy atom. The Morgan fingerprint density at radius 3 is 2.17 bits per heavy atom. The smallest absolute Gasteiger partial charge is 0.217 e. The van der Waals surface area contributed by atoms with Crippen LogP contribution in [0.1, 0.15) is 26.3 Å². The van der Waals surface area contributed by atoms with Gasteiger partial charge in [-0.15, -0.1) is 6.58 Å². The number of amides is 1. The molecule has 3 heteroatoms. The highest BCUT2D eigenvalue weighted by Gasteiger charge is 2.15. The summed E-state index contributed by atoms with van der Waals surface area (Å²) in [6, 6.07) is 9.23. The summed E-state index contributed by atoms with van der Waals surface area (Å²) in [6.45, 7) is 8.16. The summed E-state index contributed by atoms with van der Waals surface area (Å²) in [5.74, 6) is -0.194. The van der Waals surface area contributed by atoms with E-state index in [-0.39, 0.29) is 11.7 Å². The van der Waals surface area contributed by atoms with Gasteiger partial charge in [0, 0.05) is 6.92 Å². The normalized spacial score (nSPS) is 10.6. The van der Waals surface area contributed by atoms with Gasteiger partial charge in [-0.2, -0.15) is 0 Å². The maximum absolute atomic E-state index is 11.3. The van der Waals surface area contributed by atoms with Crippen LogP contribution in [0.5, 0.6) is 0 Å². The quantitative estimate of drug-likeness (QED) is 0.831. The van der Waals surface area contributed by atoms with Crippen molar-refractivity contribution in [3.05, 3.63) is 48.6 Å². The highest BCUT2D eigenvalue weighted by atomic mass is 16.2.